The lowest BCUT2D eigenvalue weighted by molar-refractivity contribution is -0.116. The summed E-state index contributed by atoms with van der Waals surface area (Å²) in [5.74, 6) is 0.434. The van der Waals surface area contributed by atoms with E-state index in [1.165, 1.54) is 0 Å². The van der Waals surface area contributed by atoms with Crippen LogP contribution in [0, 0.1) is 6.92 Å². The molecule has 0 aliphatic heterocycles. The zero-order chi connectivity index (χ0) is 18.0. The van der Waals surface area contributed by atoms with Crippen molar-refractivity contribution in [2.24, 2.45) is 0 Å². The minimum absolute atomic E-state index is 0.0421. The Balaban J connectivity index is 1.85. The maximum Gasteiger partial charge on any atom is 0.259 e. The van der Waals surface area contributed by atoms with Gasteiger partial charge in [0.1, 0.15) is 12.3 Å². The Kier molecular flexibility index (Phi) is 4.61. The van der Waals surface area contributed by atoms with E-state index in [1.54, 1.807) is 34.7 Å². The van der Waals surface area contributed by atoms with E-state index in [-0.39, 0.29) is 18.0 Å². The van der Waals surface area contributed by atoms with E-state index in [0.29, 0.717) is 23.4 Å². The third kappa shape index (κ3) is 3.28. The predicted octanol–water partition coefficient (Wildman–Crippen LogP) is 2.78. The highest BCUT2D eigenvalue weighted by Gasteiger charge is 2.12. The van der Waals surface area contributed by atoms with Gasteiger partial charge < -0.3 is 19.2 Å². The third-order valence-electron chi connectivity index (χ3n) is 4.19. The number of amides is 1. The van der Waals surface area contributed by atoms with Gasteiger partial charge >= 0.3 is 0 Å². The van der Waals surface area contributed by atoms with E-state index in [4.69, 9.17) is 4.74 Å². The van der Waals surface area contributed by atoms with E-state index in [2.05, 4.69) is 5.32 Å². The largest absolute Gasteiger partial charge is 0.495 e. The number of nitrogens with zero attached hydrogens (tertiary/aromatic N) is 2. The Labute approximate surface area is 145 Å². The number of carbonyl (C=O) groups excluding carboxylic acids is 1. The fourth-order valence-corrected chi connectivity index (χ4v) is 2.89. The maximum absolute atomic E-state index is 12.4. The Bertz CT molecular complexity index is 985. The van der Waals surface area contributed by atoms with Crippen LogP contribution in [0.5, 0.6) is 5.75 Å². The van der Waals surface area contributed by atoms with E-state index in [1.807, 2.05) is 38.1 Å². The number of anilines is 1. The van der Waals surface area contributed by atoms with Gasteiger partial charge in [0.05, 0.1) is 23.7 Å². The number of aromatic nitrogens is 2. The summed E-state index contributed by atoms with van der Waals surface area (Å²) < 4.78 is 8.70. The number of methoxy groups -OCH3 is 1. The van der Waals surface area contributed by atoms with Crippen LogP contribution in [0.15, 0.2) is 47.5 Å². The first-order valence-electron chi connectivity index (χ1n) is 8.16. The van der Waals surface area contributed by atoms with Crippen LogP contribution in [0.1, 0.15) is 12.5 Å². The number of benzene rings is 1. The van der Waals surface area contributed by atoms with Crippen molar-refractivity contribution in [2.75, 3.05) is 12.4 Å². The summed E-state index contributed by atoms with van der Waals surface area (Å²) in [5.41, 5.74) is 2.38. The smallest absolute Gasteiger partial charge is 0.259 e. The molecular formula is C19H21N3O3. The summed E-state index contributed by atoms with van der Waals surface area (Å²) in [5, 5.41) is 3.49. The normalized spacial score (nSPS) is 10.8. The van der Waals surface area contributed by atoms with Crippen molar-refractivity contribution in [1.29, 1.82) is 0 Å². The van der Waals surface area contributed by atoms with Gasteiger partial charge in [-0.15, -0.1) is 0 Å². The highest BCUT2D eigenvalue weighted by molar-refractivity contribution is 5.93. The monoisotopic (exact) mass is 339 g/mol. The summed E-state index contributed by atoms with van der Waals surface area (Å²) in [7, 11) is 1.57. The quantitative estimate of drug-likeness (QED) is 0.777. The molecule has 0 fully saturated rings. The number of ether oxygens (including phenoxy) is 1. The molecule has 25 heavy (non-hydrogen) atoms. The predicted molar refractivity (Wildman–Crippen MR) is 98.2 cm³/mol. The van der Waals surface area contributed by atoms with Crippen LogP contribution >= 0.6 is 0 Å². The number of pyridine rings is 1. The van der Waals surface area contributed by atoms with Crippen molar-refractivity contribution in [2.45, 2.75) is 26.9 Å². The van der Waals surface area contributed by atoms with E-state index < -0.39 is 0 Å². The molecule has 3 aromatic rings. The van der Waals surface area contributed by atoms with Gasteiger partial charge in [-0.1, -0.05) is 6.07 Å². The molecule has 0 saturated heterocycles. The number of rotatable bonds is 5. The van der Waals surface area contributed by atoms with Crippen LogP contribution in [-0.2, 0) is 17.9 Å². The number of aryl methyl sites for hydroxylation is 2. The molecule has 0 bridgehead atoms. The minimum atomic E-state index is -0.180. The summed E-state index contributed by atoms with van der Waals surface area (Å²) in [6.45, 7) is 4.62. The van der Waals surface area contributed by atoms with E-state index in [9.17, 15) is 9.59 Å². The van der Waals surface area contributed by atoms with Crippen LogP contribution in [0.4, 0.5) is 5.69 Å². The number of hydrogen-bond acceptors (Lipinski definition) is 3. The van der Waals surface area contributed by atoms with Crippen molar-refractivity contribution in [3.63, 3.8) is 0 Å². The summed E-state index contributed by atoms with van der Waals surface area (Å²) >= 11 is 0. The van der Waals surface area contributed by atoms with Gasteiger partial charge in [0, 0.05) is 18.9 Å². The van der Waals surface area contributed by atoms with Crippen molar-refractivity contribution in [1.82, 2.24) is 9.13 Å². The van der Waals surface area contributed by atoms with Crippen molar-refractivity contribution in [3.8, 4) is 5.75 Å². The topological polar surface area (TPSA) is 65.3 Å². The fourth-order valence-electron chi connectivity index (χ4n) is 2.89. The first-order chi connectivity index (χ1) is 12.0. The van der Waals surface area contributed by atoms with Gasteiger partial charge in [-0.25, -0.2) is 0 Å². The number of hydrogen-bond donors (Lipinski definition) is 1. The first kappa shape index (κ1) is 16.8. The van der Waals surface area contributed by atoms with Gasteiger partial charge in [-0.05, 0) is 43.7 Å². The molecule has 6 heteroatoms. The number of carbonyl (C=O) groups is 1. The SMILES string of the molecule is CCn1ccc2c(ccn2CC(=O)Nc2cc(C)ccc2OC)c1=O. The maximum atomic E-state index is 12.4. The molecule has 2 heterocycles. The molecule has 3 rings (SSSR count). The first-order valence-corrected chi connectivity index (χ1v) is 8.16. The number of fused-ring (bicyclic) bond motifs is 1. The van der Waals surface area contributed by atoms with Crippen LogP contribution in [-0.4, -0.2) is 22.2 Å². The molecule has 1 N–H and O–H groups in total. The molecule has 2 aromatic heterocycles. The van der Waals surface area contributed by atoms with Crippen molar-refractivity contribution in [3.05, 3.63) is 58.6 Å². The molecule has 0 saturated carbocycles. The van der Waals surface area contributed by atoms with E-state index in [0.717, 1.165) is 11.1 Å². The Morgan fingerprint density at radius 2 is 1.92 bits per heavy atom. The second-order valence-corrected chi connectivity index (χ2v) is 5.90. The van der Waals surface area contributed by atoms with Crippen LogP contribution in [0.2, 0.25) is 0 Å². The highest BCUT2D eigenvalue weighted by atomic mass is 16.5. The van der Waals surface area contributed by atoms with Gasteiger partial charge in [0.2, 0.25) is 5.91 Å². The molecular weight excluding hydrogens is 318 g/mol. The lowest BCUT2D eigenvalue weighted by Gasteiger charge is -2.12. The van der Waals surface area contributed by atoms with Crippen LogP contribution < -0.4 is 15.6 Å². The van der Waals surface area contributed by atoms with Gasteiger partial charge in [0.25, 0.3) is 5.56 Å². The van der Waals surface area contributed by atoms with Gasteiger partial charge in [0.15, 0.2) is 0 Å². The van der Waals surface area contributed by atoms with E-state index >= 15 is 0 Å². The second-order valence-electron chi connectivity index (χ2n) is 5.90. The summed E-state index contributed by atoms with van der Waals surface area (Å²) in [4.78, 5) is 24.7. The zero-order valence-corrected chi connectivity index (χ0v) is 14.6. The summed E-state index contributed by atoms with van der Waals surface area (Å²) in [6, 6.07) is 9.23. The molecule has 0 spiro atoms. The Hall–Kier alpha value is -3.02. The van der Waals surface area contributed by atoms with Gasteiger partial charge in [-0.2, -0.15) is 0 Å². The lowest BCUT2D eigenvalue weighted by Crippen LogP contribution is -2.20. The van der Waals surface area contributed by atoms with Crippen molar-refractivity contribution < 1.29 is 9.53 Å². The molecule has 130 valence electrons. The van der Waals surface area contributed by atoms with Crippen LogP contribution in [0.3, 0.4) is 0 Å². The molecule has 0 unspecified atom stereocenters. The second kappa shape index (κ2) is 6.84. The van der Waals surface area contributed by atoms with Gasteiger partial charge in [-0.3, -0.25) is 9.59 Å². The number of nitrogens with one attached hydrogen (secondary N) is 1. The van der Waals surface area contributed by atoms with Crippen molar-refractivity contribution >= 4 is 22.5 Å². The Morgan fingerprint density at radius 1 is 1.16 bits per heavy atom. The zero-order valence-electron chi connectivity index (χ0n) is 14.6. The molecule has 1 amide bonds. The lowest BCUT2D eigenvalue weighted by atomic mass is 10.2. The highest BCUT2D eigenvalue weighted by Crippen LogP contribution is 2.25. The Morgan fingerprint density at radius 3 is 2.64 bits per heavy atom. The standard InChI is InChI=1S/C19H21N3O3/c1-4-21-10-8-16-14(19(21)24)7-9-22(16)12-18(23)20-15-11-13(2)5-6-17(15)25-3/h5-11H,4,12H2,1-3H3,(H,20,23). The molecule has 0 aliphatic rings. The molecule has 6 nitrogen and oxygen atoms in total. The molecule has 0 radical (unpaired) electrons. The molecule has 1 aromatic carbocycles. The summed E-state index contributed by atoms with van der Waals surface area (Å²) in [6.07, 6.45) is 3.52. The molecule has 0 aliphatic carbocycles. The average molecular weight is 339 g/mol. The minimum Gasteiger partial charge on any atom is -0.495 e. The third-order valence-corrected chi connectivity index (χ3v) is 4.19. The van der Waals surface area contributed by atoms with Crippen LogP contribution in [0.25, 0.3) is 10.9 Å². The molecule has 0 atom stereocenters. The fraction of sp³-hybridized carbons (Fsp3) is 0.263. The average Bonchev–Trinajstić information content (AvgIpc) is 2.99.